The van der Waals surface area contributed by atoms with Gasteiger partial charge in [-0.3, -0.25) is 4.79 Å². The number of hydrogen-bond acceptors (Lipinski definition) is 5. The first-order valence-corrected chi connectivity index (χ1v) is 11.5. The molecule has 0 N–H and O–H groups in total. The fourth-order valence-electron chi connectivity index (χ4n) is 3.91. The number of esters is 1. The first-order valence-electron chi connectivity index (χ1n) is 10.6. The maximum atomic E-state index is 12.7. The molecule has 164 valence electrons. The van der Waals surface area contributed by atoms with Crippen LogP contribution in [0.5, 0.6) is 0 Å². The number of rotatable bonds is 6. The number of carbonyl (C=O) groups excluding carboxylic acids is 1. The van der Waals surface area contributed by atoms with Crippen molar-refractivity contribution < 1.29 is 9.53 Å². The number of ether oxygens (including phenoxy) is 1. The molecule has 0 unspecified atom stereocenters. The lowest BCUT2D eigenvalue weighted by atomic mass is 10.0. The van der Waals surface area contributed by atoms with E-state index in [0.29, 0.717) is 5.56 Å². The number of carbonyl (C=O) groups is 1. The van der Waals surface area contributed by atoms with Gasteiger partial charge in [-0.1, -0.05) is 24.3 Å². The lowest BCUT2D eigenvalue weighted by Crippen LogP contribution is -2.21. The molecule has 2 aromatic heterocycles. The molecule has 0 radical (unpaired) electrons. The van der Waals surface area contributed by atoms with Gasteiger partial charge in [0.15, 0.2) is 0 Å². The molecule has 0 aliphatic carbocycles. The number of hydrogen-bond donors (Lipinski definition) is 0. The number of aryl methyl sites for hydroxylation is 1. The first kappa shape index (κ1) is 21.8. The van der Waals surface area contributed by atoms with Gasteiger partial charge >= 0.3 is 5.97 Å². The number of anilines is 1. The average Bonchev–Trinajstić information content (AvgIpc) is 3.28. The number of nitrogens with zero attached hydrogens (tertiary/aromatic N) is 2. The molecule has 0 amide bonds. The van der Waals surface area contributed by atoms with Crippen molar-refractivity contribution in [3.8, 4) is 21.6 Å². The molecule has 0 aliphatic rings. The zero-order chi connectivity index (χ0) is 22.8. The fourth-order valence-corrected chi connectivity index (χ4v) is 5.15. The van der Waals surface area contributed by atoms with E-state index in [4.69, 9.17) is 4.74 Å². The molecule has 2 aromatic carbocycles. The Hall–Kier alpha value is -3.38. The van der Waals surface area contributed by atoms with Crippen molar-refractivity contribution in [1.29, 1.82) is 0 Å². The smallest absolute Gasteiger partial charge is 0.337 e. The third-order valence-corrected chi connectivity index (χ3v) is 7.02. The van der Waals surface area contributed by atoms with Crippen LogP contribution in [0, 0.1) is 0 Å². The summed E-state index contributed by atoms with van der Waals surface area (Å²) in [5, 5.41) is 0. The minimum Gasteiger partial charge on any atom is -0.465 e. The average molecular weight is 447 g/mol. The maximum Gasteiger partial charge on any atom is 0.337 e. The largest absolute Gasteiger partial charge is 0.465 e. The Morgan fingerprint density at radius 3 is 2.19 bits per heavy atom. The third kappa shape index (κ3) is 3.94. The number of thiophene rings is 1. The van der Waals surface area contributed by atoms with E-state index < -0.39 is 0 Å². The molecule has 0 spiro atoms. The topological polar surface area (TPSA) is 51.5 Å². The predicted molar refractivity (Wildman–Crippen MR) is 133 cm³/mol. The van der Waals surface area contributed by atoms with Crippen LogP contribution in [-0.4, -0.2) is 30.7 Å². The minimum atomic E-state index is -0.378. The van der Waals surface area contributed by atoms with E-state index >= 15 is 0 Å². The number of aromatic nitrogens is 1. The summed E-state index contributed by atoms with van der Waals surface area (Å²) in [6.07, 6.45) is 0. The third-order valence-electron chi connectivity index (χ3n) is 5.81. The van der Waals surface area contributed by atoms with Crippen molar-refractivity contribution in [3.05, 3.63) is 76.6 Å². The Kier molecular flexibility index (Phi) is 6.15. The van der Waals surface area contributed by atoms with E-state index in [-0.39, 0.29) is 11.5 Å². The van der Waals surface area contributed by atoms with E-state index in [1.807, 2.05) is 12.1 Å². The summed E-state index contributed by atoms with van der Waals surface area (Å²) in [6, 6.07) is 19.5. The van der Waals surface area contributed by atoms with E-state index in [1.54, 1.807) is 41.2 Å². The van der Waals surface area contributed by atoms with E-state index in [1.165, 1.54) is 12.8 Å². The fraction of sp³-hybridized carbons (Fsp3) is 0.231. The molecule has 4 rings (SSSR count). The lowest BCUT2D eigenvalue weighted by molar-refractivity contribution is 0.0601. The highest BCUT2D eigenvalue weighted by Crippen LogP contribution is 2.38. The number of methoxy groups -OCH3 is 1. The van der Waals surface area contributed by atoms with Gasteiger partial charge in [0.2, 0.25) is 0 Å². The molecule has 32 heavy (non-hydrogen) atoms. The zero-order valence-corrected chi connectivity index (χ0v) is 19.5. The van der Waals surface area contributed by atoms with E-state index in [9.17, 15) is 9.59 Å². The van der Waals surface area contributed by atoms with Crippen molar-refractivity contribution in [1.82, 2.24) is 4.57 Å². The number of benzene rings is 2. The van der Waals surface area contributed by atoms with Crippen molar-refractivity contribution in [2.75, 3.05) is 25.1 Å². The van der Waals surface area contributed by atoms with Gasteiger partial charge in [-0.2, -0.15) is 0 Å². The van der Waals surface area contributed by atoms with E-state index in [2.05, 4.69) is 49.1 Å². The Bertz CT molecular complexity index is 1310. The van der Waals surface area contributed by atoms with Crippen LogP contribution in [0.4, 0.5) is 5.69 Å². The molecular weight excluding hydrogens is 420 g/mol. The summed E-state index contributed by atoms with van der Waals surface area (Å²) in [5.74, 6) is -0.378. The highest BCUT2D eigenvalue weighted by Gasteiger charge is 2.15. The molecule has 0 saturated heterocycles. The van der Waals surface area contributed by atoms with Crippen LogP contribution < -0.4 is 10.5 Å². The molecule has 5 nitrogen and oxygen atoms in total. The predicted octanol–water partition coefficient (Wildman–Crippen LogP) is 5.57. The van der Waals surface area contributed by atoms with Gasteiger partial charge < -0.3 is 14.2 Å². The maximum absolute atomic E-state index is 12.7. The Morgan fingerprint density at radius 2 is 1.59 bits per heavy atom. The van der Waals surface area contributed by atoms with Gasteiger partial charge in [-0.15, -0.1) is 11.3 Å². The summed E-state index contributed by atoms with van der Waals surface area (Å²) in [5.41, 5.74) is 5.42. The standard InChI is InChI=1S/C26H26N2O3S/c1-5-28(6-2)20-13-11-18(12-14-20)23-16-22-25(32-23)21(15-24(29)27(22)3)17-7-9-19(10-8-17)26(30)31-4/h7-16H,5-6H2,1-4H3. The van der Waals surface area contributed by atoms with Crippen LogP contribution in [0.2, 0.25) is 0 Å². The molecule has 4 aromatic rings. The van der Waals surface area contributed by atoms with Crippen LogP contribution >= 0.6 is 11.3 Å². The summed E-state index contributed by atoms with van der Waals surface area (Å²) in [4.78, 5) is 27.9. The highest BCUT2D eigenvalue weighted by molar-refractivity contribution is 7.22. The second-order valence-corrected chi connectivity index (χ2v) is 8.62. The van der Waals surface area contributed by atoms with Crippen molar-refractivity contribution in [2.45, 2.75) is 13.8 Å². The van der Waals surface area contributed by atoms with Gasteiger partial charge in [0.25, 0.3) is 5.56 Å². The molecular formula is C26H26N2O3S. The van der Waals surface area contributed by atoms with Crippen molar-refractivity contribution >= 4 is 33.2 Å². The second-order valence-electron chi connectivity index (χ2n) is 7.57. The molecule has 0 saturated carbocycles. The normalized spacial score (nSPS) is 11.0. The number of fused-ring (bicyclic) bond motifs is 1. The molecule has 2 heterocycles. The van der Waals surface area contributed by atoms with Crippen LogP contribution in [0.1, 0.15) is 24.2 Å². The summed E-state index contributed by atoms with van der Waals surface area (Å²) >= 11 is 1.67. The molecule has 0 fully saturated rings. The van der Waals surface area contributed by atoms with E-state index in [0.717, 1.165) is 44.9 Å². The lowest BCUT2D eigenvalue weighted by Gasteiger charge is -2.21. The Balaban J connectivity index is 1.79. The highest BCUT2D eigenvalue weighted by atomic mass is 32.1. The monoisotopic (exact) mass is 446 g/mol. The Labute approximate surface area is 191 Å². The van der Waals surface area contributed by atoms with Gasteiger partial charge in [0.1, 0.15) is 0 Å². The van der Waals surface area contributed by atoms with Crippen LogP contribution in [0.3, 0.4) is 0 Å². The summed E-state index contributed by atoms with van der Waals surface area (Å²) in [7, 11) is 3.16. The zero-order valence-electron chi connectivity index (χ0n) is 18.7. The van der Waals surface area contributed by atoms with Gasteiger partial charge in [0, 0.05) is 42.3 Å². The van der Waals surface area contributed by atoms with Crippen LogP contribution in [0.25, 0.3) is 31.8 Å². The van der Waals surface area contributed by atoms with Crippen LogP contribution in [0.15, 0.2) is 65.5 Å². The summed E-state index contributed by atoms with van der Waals surface area (Å²) in [6.45, 7) is 6.25. The Morgan fingerprint density at radius 1 is 0.969 bits per heavy atom. The SMILES string of the molecule is CCN(CC)c1ccc(-c2cc3c(s2)c(-c2ccc(C(=O)OC)cc2)cc(=O)n3C)cc1. The first-order chi connectivity index (χ1) is 15.5. The number of pyridine rings is 1. The van der Waals surface area contributed by atoms with Gasteiger partial charge in [-0.25, -0.2) is 4.79 Å². The molecule has 6 heteroatoms. The van der Waals surface area contributed by atoms with Crippen molar-refractivity contribution in [2.24, 2.45) is 7.05 Å². The molecule has 0 bridgehead atoms. The van der Waals surface area contributed by atoms with Gasteiger partial charge in [0.05, 0.1) is 22.9 Å². The summed E-state index contributed by atoms with van der Waals surface area (Å²) < 4.78 is 7.51. The molecule has 0 aliphatic heterocycles. The van der Waals surface area contributed by atoms with Gasteiger partial charge in [-0.05, 0) is 55.3 Å². The molecule has 0 atom stereocenters. The van der Waals surface area contributed by atoms with Crippen LogP contribution in [-0.2, 0) is 11.8 Å². The minimum absolute atomic E-state index is 0.0641. The quantitative estimate of drug-likeness (QED) is 0.364. The van der Waals surface area contributed by atoms with Crippen molar-refractivity contribution in [3.63, 3.8) is 0 Å². The second kappa shape index (κ2) is 9.01.